The molecule has 1 heterocycles. The topological polar surface area (TPSA) is 20.3 Å². The normalized spacial score (nSPS) is 15.5. The Morgan fingerprint density at radius 3 is 2.43 bits per heavy atom. The quantitative estimate of drug-likeness (QED) is 0.536. The van der Waals surface area contributed by atoms with E-state index in [0.717, 1.165) is 17.9 Å². The minimum atomic E-state index is 0. The van der Waals surface area contributed by atoms with Crippen molar-refractivity contribution in [3.8, 4) is 0 Å². The second-order valence-electron chi connectivity index (χ2n) is 5.45. The van der Waals surface area contributed by atoms with Gasteiger partial charge in [0.15, 0.2) is 5.78 Å². The van der Waals surface area contributed by atoms with Gasteiger partial charge in [0.1, 0.15) is 0 Å². The smallest absolute Gasteiger partial charge is 0.164 e. The number of hydrogen-bond acceptors (Lipinski definition) is 3. The predicted octanol–water partition coefficient (Wildman–Crippen LogP) is 4.67. The molecule has 118 valence electrons. The number of rotatable bonds is 7. The summed E-state index contributed by atoms with van der Waals surface area (Å²) in [5.74, 6) is 1.42. The van der Waals surface area contributed by atoms with Gasteiger partial charge in [-0.25, -0.2) is 0 Å². The fraction of sp³-hybridized carbons (Fsp3) is 0.588. The molecule has 0 bridgehead atoms. The highest BCUT2D eigenvalue weighted by atomic mass is 35.5. The molecule has 0 spiro atoms. The maximum absolute atomic E-state index is 12.2. The summed E-state index contributed by atoms with van der Waals surface area (Å²) in [4.78, 5) is 15.9. The van der Waals surface area contributed by atoms with E-state index < -0.39 is 0 Å². The molecule has 1 aliphatic rings. The second-order valence-corrected chi connectivity index (χ2v) is 6.62. The van der Waals surface area contributed by atoms with Gasteiger partial charge < -0.3 is 4.90 Å². The third-order valence-corrected chi connectivity index (χ3v) is 4.97. The molecule has 0 radical (unpaired) electrons. The Bertz CT molecular complexity index is 415. The van der Waals surface area contributed by atoms with Gasteiger partial charge in [-0.1, -0.05) is 25.5 Å². The van der Waals surface area contributed by atoms with Crippen LogP contribution in [0.15, 0.2) is 29.2 Å². The van der Waals surface area contributed by atoms with Gasteiger partial charge in [-0.2, -0.15) is 0 Å². The fourth-order valence-electron chi connectivity index (χ4n) is 2.54. The molecule has 1 aromatic carbocycles. The number of carbonyl (C=O) groups excluding carboxylic acids is 1. The van der Waals surface area contributed by atoms with Crippen LogP contribution in [0.5, 0.6) is 0 Å². The molecule has 0 unspecified atom stereocenters. The number of likely N-dealkylation sites (tertiary alicyclic amines) is 1. The zero-order valence-corrected chi connectivity index (χ0v) is 14.5. The van der Waals surface area contributed by atoms with Crippen LogP contribution in [0.3, 0.4) is 0 Å². The second kappa shape index (κ2) is 10.3. The van der Waals surface area contributed by atoms with Crippen LogP contribution in [0.1, 0.15) is 49.4 Å². The number of benzene rings is 1. The Kier molecular flexibility index (Phi) is 9.05. The standard InChI is InChI=1S/C17H25NOS.ClH/c1-2-14-20-16-8-6-15(7-9-16)17(19)10-13-18-11-4-3-5-12-18;/h6-9H,2-5,10-14H2,1H3;1H. The Balaban J connectivity index is 0.00000220. The van der Waals surface area contributed by atoms with Crippen molar-refractivity contribution >= 4 is 30.0 Å². The molecular formula is C17H26ClNOS. The lowest BCUT2D eigenvalue weighted by Gasteiger charge is -2.25. The van der Waals surface area contributed by atoms with Crippen LogP contribution in [0.2, 0.25) is 0 Å². The molecule has 21 heavy (non-hydrogen) atoms. The van der Waals surface area contributed by atoms with Crippen molar-refractivity contribution in [2.24, 2.45) is 0 Å². The van der Waals surface area contributed by atoms with Crippen LogP contribution in [-0.2, 0) is 0 Å². The summed E-state index contributed by atoms with van der Waals surface area (Å²) in [7, 11) is 0. The molecule has 1 aliphatic heterocycles. The zero-order valence-electron chi connectivity index (χ0n) is 12.8. The van der Waals surface area contributed by atoms with Crippen LogP contribution >= 0.6 is 24.2 Å². The highest BCUT2D eigenvalue weighted by molar-refractivity contribution is 7.99. The first kappa shape index (κ1) is 18.5. The van der Waals surface area contributed by atoms with Crippen LogP contribution in [0, 0.1) is 0 Å². The van der Waals surface area contributed by atoms with Gasteiger partial charge in [-0.15, -0.1) is 24.2 Å². The zero-order chi connectivity index (χ0) is 14.2. The minimum Gasteiger partial charge on any atom is -0.303 e. The van der Waals surface area contributed by atoms with Crippen molar-refractivity contribution < 1.29 is 4.79 Å². The molecular weight excluding hydrogens is 302 g/mol. The first-order valence-electron chi connectivity index (χ1n) is 7.78. The van der Waals surface area contributed by atoms with Gasteiger partial charge in [-0.3, -0.25) is 4.79 Å². The van der Waals surface area contributed by atoms with E-state index in [4.69, 9.17) is 0 Å². The van der Waals surface area contributed by atoms with Crippen LogP contribution < -0.4 is 0 Å². The molecule has 1 fully saturated rings. The van der Waals surface area contributed by atoms with Crippen molar-refractivity contribution in [2.45, 2.75) is 43.9 Å². The average Bonchev–Trinajstić information content (AvgIpc) is 2.52. The molecule has 1 aromatic rings. The molecule has 0 aliphatic carbocycles. The van der Waals surface area contributed by atoms with E-state index in [1.165, 1.54) is 43.7 Å². The third-order valence-electron chi connectivity index (χ3n) is 3.75. The van der Waals surface area contributed by atoms with Crippen LogP contribution in [0.25, 0.3) is 0 Å². The Morgan fingerprint density at radius 2 is 1.81 bits per heavy atom. The number of nitrogens with zero attached hydrogens (tertiary/aromatic N) is 1. The molecule has 2 rings (SSSR count). The maximum Gasteiger partial charge on any atom is 0.164 e. The van der Waals surface area contributed by atoms with Crippen molar-refractivity contribution in [1.29, 1.82) is 0 Å². The lowest BCUT2D eigenvalue weighted by molar-refractivity contribution is 0.0958. The lowest BCUT2D eigenvalue weighted by Crippen LogP contribution is -2.31. The molecule has 0 atom stereocenters. The number of Topliss-reactive ketones (excluding diaryl/α,β-unsaturated/α-hetero) is 1. The summed E-state index contributed by atoms with van der Waals surface area (Å²) in [6.45, 7) is 5.44. The summed E-state index contributed by atoms with van der Waals surface area (Å²) in [5.41, 5.74) is 0.864. The van der Waals surface area contributed by atoms with E-state index in [1.807, 2.05) is 23.9 Å². The Labute approximate surface area is 139 Å². The van der Waals surface area contributed by atoms with Crippen LogP contribution in [-0.4, -0.2) is 36.1 Å². The molecule has 0 N–H and O–H groups in total. The number of halogens is 1. The molecule has 0 saturated carbocycles. The van der Waals surface area contributed by atoms with Crippen molar-refractivity contribution in [3.05, 3.63) is 29.8 Å². The number of thioether (sulfide) groups is 1. The van der Waals surface area contributed by atoms with Gasteiger partial charge in [-0.05, 0) is 50.2 Å². The summed E-state index contributed by atoms with van der Waals surface area (Å²) < 4.78 is 0. The van der Waals surface area contributed by atoms with E-state index >= 15 is 0 Å². The van der Waals surface area contributed by atoms with Gasteiger partial charge in [0.25, 0.3) is 0 Å². The molecule has 1 saturated heterocycles. The largest absolute Gasteiger partial charge is 0.303 e. The molecule has 0 amide bonds. The van der Waals surface area contributed by atoms with Gasteiger partial charge in [0.2, 0.25) is 0 Å². The summed E-state index contributed by atoms with van der Waals surface area (Å²) in [6, 6.07) is 8.12. The third kappa shape index (κ3) is 6.41. The number of carbonyl (C=O) groups is 1. The highest BCUT2D eigenvalue weighted by Gasteiger charge is 2.12. The minimum absolute atomic E-state index is 0. The van der Waals surface area contributed by atoms with Crippen molar-refractivity contribution in [2.75, 3.05) is 25.4 Å². The predicted molar refractivity (Wildman–Crippen MR) is 93.9 cm³/mol. The first-order valence-corrected chi connectivity index (χ1v) is 8.76. The fourth-order valence-corrected chi connectivity index (χ4v) is 3.31. The first-order chi connectivity index (χ1) is 9.79. The number of piperidine rings is 1. The van der Waals surface area contributed by atoms with Gasteiger partial charge >= 0.3 is 0 Å². The summed E-state index contributed by atoms with van der Waals surface area (Å²) in [6.07, 6.45) is 5.76. The van der Waals surface area contributed by atoms with Gasteiger partial charge in [0, 0.05) is 23.4 Å². The summed E-state index contributed by atoms with van der Waals surface area (Å²) >= 11 is 1.86. The molecule has 0 aromatic heterocycles. The highest BCUT2D eigenvalue weighted by Crippen LogP contribution is 2.19. The van der Waals surface area contributed by atoms with E-state index in [-0.39, 0.29) is 18.2 Å². The molecule has 2 nitrogen and oxygen atoms in total. The maximum atomic E-state index is 12.2. The monoisotopic (exact) mass is 327 g/mol. The van der Waals surface area contributed by atoms with E-state index in [9.17, 15) is 4.79 Å². The number of ketones is 1. The van der Waals surface area contributed by atoms with Crippen LogP contribution in [0.4, 0.5) is 0 Å². The Hall–Kier alpha value is -0.510. The van der Waals surface area contributed by atoms with Crippen molar-refractivity contribution in [1.82, 2.24) is 4.90 Å². The summed E-state index contributed by atoms with van der Waals surface area (Å²) in [5, 5.41) is 0. The molecule has 4 heteroatoms. The van der Waals surface area contributed by atoms with Gasteiger partial charge in [0.05, 0.1) is 0 Å². The average molecular weight is 328 g/mol. The van der Waals surface area contributed by atoms with E-state index in [0.29, 0.717) is 6.42 Å². The van der Waals surface area contributed by atoms with E-state index in [1.54, 1.807) is 0 Å². The van der Waals surface area contributed by atoms with E-state index in [2.05, 4.69) is 24.0 Å². The Morgan fingerprint density at radius 1 is 1.14 bits per heavy atom. The lowest BCUT2D eigenvalue weighted by atomic mass is 10.1. The van der Waals surface area contributed by atoms with Crippen molar-refractivity contribution in [3.63, 3.8) is 0 Å². The number of hydrogen-bond donors (Lipinski definition) is 0. The SMILES string of the molecule is CCCSc1ccc(C(=O)CCN2CCCCC2)cc1.Cl.